The number of carbonyl (C=O) groups is 2. The summed E-state index contributed by atoms with van der Waals surface area (Å²) < 4.78 is 37.2. The lowest BCUT2D eigenvalue weighted by molar-refractivity contribution is -0.117. The van der Waals surface area contributed by atoms with E-state index in [2.05, 4.69) is 10.6 Å². The first-order valence-corrected chi connectivity index (χ1v) is 12.6. The maximum Gasteiger partial charge on any atom is 0.319 e. The summed E-state index contributed by atoms with van der Waals surface area (Å²) >= 11 is 0. The van der Waals surface area contributed by atoms with Crippen LogP contribution in [0.4, 0.5) is 16.2 Å². The molecule has 0 aromatic heterocycles. The number of amides is 3. The molecule has 2 aliphatic rings. The predicted molar refractivity (Wildman–Crippen MR) is 127 cm³/mol. The van der Waals surface area contributed by atoms with Crippen molar-refractivity contribution in [3.05, 3.63) is 42.5 Å². The fourth-order valence-corrected chi connectivity index (χ4v) is 5.51. The predicted octanol–water partition coefficient (Wildman–Crippen LogP) is 2.62. The standard InChI is InChI=1S/C23H28N4O6S/c1-3-26(4-2)34(30,31)19-8-5-17(6-9-19)25-23(29)24-13-16-11-22(28)27(14-16)18-7-10-20-21(12-18)33-15-32-20/h5-10,12,16H,3-4,11,13-15H2,1-2H3,(H2,24,25,29). The minimum atomic E-state index is -3.55. The van der Waals surface area contributed by atoms with E-state index in [1.807, 2.05) is 6.07 Å². The maximum absolute atomic E-state index is 12.6. The lowest BCUT2D eigenvalue weighted by Crippen LogP contribution is -2.34. The number of anilines is 2. The summed E-state index contributed by atoms with van der Waals surface area (Å²) in [5, 5.41) is 5.49. The molecule has 0 spiro atoms. The van der Waals surface area contributed by atoms with Gasteiger partial charge in [-0.05, 0) is 36.4 Å². The van der Waals surface area contributed by atoms with Gasteiger partial charge in [0.2, 0.25) is 22.7 Å². The van der Waals surface area contributed by atoms with Crippen LogP contribution in [0.25, 0.3) is 0 Å². The first-order valence-electron chi connectivity index (χ1n) is 11.2. The lowest BCUT2D eigenvalue weighted by atomic mass is 10.1. The van der Waals surface area contributed by atoms with Crippen molar-refractivity contribution >= 4 is 33.3 Å². The number of benzene rings is 2. The quantitative estimate of drug-likeness (QED) is 0.590. The second-order valence-electron chi connectivity index (χ2n) is 8.06. The highest BCUT2D eigenvalue weighted by atomic mass is 32.2. The average molecular weight is 489 g/mol. The molecule has 0 saturated carbocycles. The summed E-state index contributed by atoms with van der Waals surface area (Å²) in [6, 6.07) is 11.0. The Morgan fingerprint density at radius 3 is 2.50 bits per heavy atom. The summed E-state index contributed by atoms with van der Waals surface area (Å²) in [4.78, 5) is 26.7. The van der Waals surface area contributed by atoms with Crippen LogP contribution >= 0.6 is 0 Å². The van der Waals surface area contributed by atoms with Gasteiger partial charge in [0.25, 0.3) is 0 Å². The van der Waals surface area contributed by atoms with E-state index in [-0.39, 0.29) is 23.5 Å². The van der Waals surface area contributed by atoms with Crippen molar-refractivity contribution in [1.82, 2.24) is 9.62 Å². The summed E-state index contributed by atoms with van der Waals surface area (Å²) in [5.74, 6) is 1.22. The molecular weight excluding hydrogens is 460 g/mol. The highest BCUT2D eigenvalue weighted by molar-refractivity contribution is 7.89. The van der Waals surface area contributed by atoms with Gasteiger partial charge in [-0.1, -0.05) is 13.8 Å². The molecule has 182 valence electrons. The Bertz CT molecular complexity index is 1160. The van der Waals surface area contributed by atoms with Crippen molar-refractivity contribution in [2.75, 3.05) is 43.2 Å². The van der Waals surface area contributed by atoms with Gasteiger partial charge in [0.05, 0.1) is 4.90 Å². The summed E-state index contributed by atoms with van der Waals surface area (Å²) in [5.41, 5.74) is 1.21. The van der Waals surface area contributed by atoms with E-state index in [0.717, 1.165) is 5.69 Å². The van der Waals surface area contributed by atoms with Crippen molar-refractivity contribution in [3.63, 3.8) is 0 Å². The highest BCUT2D eigenvalue weighted by Crippen LogP contribution is 2.37. The van der Waals surface area contributed by atoms with E-state index in [1.165, 1.54) is 16.4 Å². The normalized spacial score (nSPS) is 17.3. The zero-order valence-corrected chi connectivity index (χ0v) is 19.9. The van der Waals surface area contributed by atoms with Crippen LogP contribution in [-0.2, 0) is 14.8 Å². The highest BCUT2D eigenvalue weighted by Gasteiger charge is 2.31. The van der Waals surface area contributed by atoms with Gasteiger partial charge in [-0.15, -0.1) is 0 Å². The number of ether oxygens (including phenoxy) is 2. The number of nitrogens with one attached hydrogen (secondary N) is 2. The molecule has 2 heterocycles. The van der Waals surface area contributed by atoms with E-state index in [0.29, 0.717) is 49.8 Å². The molecule has 1 saturated heterocycles. The minimum absolute atomic E-state index is 0.0175. The zero-order valence-electron chi connectivity index (χ0n) is 19.1. The molecule has 2 aliphatic heterocycles. The zero-order chi connectivity index (χ0) is 24.3. The van der Waals surface area contributed by atoms with E-state index >= 15 is 0 Å². The van der Waals surface area contributed by atoms with Gasteiger partial charge in [-0.3, -0.25) is 4.79 Å². The van der Waals surface area contributed by atoms with Crippen molar-refractivity contribution in [3.8, 4) is 11.5 Å². The molecule has 10 nitrogen and oxygen atoms in total. The molecule has 0 radical (unpaired) electrons. The third-order valence-electron chi connectivity index (χ3n) is 5.88. The molecule has 1 fully saturated rings. The summed E-state index contributed by atoms with van der Waals surface area (Å²) in [6.45, 7) is 5.32. The van der Waals surface area contributed by atoms with E-state index in [9.17, 15) is 18.0 Å². The van der Waals surface area contributed by atoms with Crippen LogP contribution in [0, 0.1) is 5.92 Å². The molecule has 2 N–H and O–H groups in total. The lowest BCUT2D eigenvalue weighted by Gasteiger charge is -2.18. The molecule has 0 aliphatic carbocycles. The smallest absolute Gasteiger partial charge is 0.319 e. The molecule has 1 atom stereocenters. The van der Waals surface area contributed by atoms with E-state index < -0.39 is 16.1 Å². The Hall–Kier alpha value is -3.31. The largest absolute Gasteiger partial charge is 0.454 e. The number of hydrogen-bond donors (Lipinski definition) is 2. The Morgan fingerprint density at radius 2 is 1.79 bits per heavy atom. The van der Waals surface area contributed by atoms with Crippen LogP contribution in [0.2, 0.25) is 0 Å². The molecule has 34 heavy (non-hydrogen) atoms. The number of fused-ring (bicyclic) bond motifs is 1. The van der Waals surface area contributed by atoms with Gasteiger partial charge in [-0.2, -0.15) is 4.31 Å². The van der Waals surface area contributed by atoms with Crippen LogP contribution in [0.5, 0.6) is 11.5 Å². The number of nitrogens with zero attached hydrogens (tertiary/aromatic N) is 2. The summed E-state index contributed by atoms with van der Waals surface area (Å²) in [6.07, 6.45) is 0.326. The Kier molecular flexibility index (Phi) is 6.94. The van der Waals surface area contributed by atoms with Gasteiger partial charge in [-0.25, -0.2) is 13.2 Å². The number of hydrogen-bond acceptors (Lipinski definition) is 6. The second-order valence-corrected chi connectivity index (χ2v) is 10.00. The SMILES string of the molecule is CCN(CC)S(=O)(=O)c1ccc(NC(=O)NCC2CC(=O)N(c3ccc4c(c3)OCO4)C2)cc1. The Labute approximate surface area is 198 Å². The summed E-state index contributed by atoms with van der Waals surface area (Å²) in [7, 11) is -3.55. The van der Waals surface area contributed by atoms with Gasteiger partial charge >= 0.3 is 6.03 Å². The number of rotatable bonds is 8. The molecule has 1 unspecified atom stereocenters. The maximum atomic E-state index is 12.6. The Morgan fingerprint density at radius 1 is 1.09 bits per heavy atom. The van der Waals surface area contributed by atoms with Crippen LogP contribution in [0.3, 0.4) is 0 Å². The molecule has 3 amide bonds. The van der Waals surface area contributed by atoms with Crippen LogP contribution in [0.15, 0.2) is 47.4 Å². The topological polar surface area (TPSA) is 117 Å². The molecular formula is C23H28N4O6S. The van der Waals surface area contributed by atoms with Crippen molar-refractivity contribution in [2.24, 2.45) is 5.92 Å². The van der Waals surface area contributed by atoms with Crippen molar-refractivity contribution in [1.29, 1.82) is 0 Å². The minimum Gasteiger partial charge on any atom is -0.454 e. The van der Waals surface area contributed by atoms with E-state index in [1.54, 1.807) is 43.0 Å². The van der Waals surface area contributed by atoms with Crippen LogP contribution in [0.1, 0.15) is 20.3 Å². The van der Waals surface area contributed by atoms with Crippen LogP contribution < -0.4 is 25.0 Å². The van der Waals surface area contributed by atoms with Crippen molar-refractivity contribution < 1.29 is 27.5 Å². The second kappa shape index (κ2) is 9.90. The first-order chi connectivity index (χ1) is 16.3. The van der Waals surface area contributed by atoms with Crippen LogP contribution in [-0.4, -0.2) is 57.6 Å². The molecule has 2 aromatic rings. The third-order valence-corrected chi connectivity index (χ3v) is 7.94. The van der Waals surface area contributed by atoms with Crippen molar-refractivity contribution in [2.45, 2.75) is 25.2 Å². The van der Waals surface area contributed by atoms with Gasteiger partial charge in [0.15, 0.2) is 11.5 Å². The first kappa shape index (κ1) is 23.8. The molecule has 4 rings (SSSR count). The monoisotopic (exact) mass is 488 g/mol. The number of carbonyl (C=O) groups excluding carboxylic acids is 2. The number of urea groups is 1. The average Bonchev–Trinajstić information content (AvgIpc) is 3.44. The van der Waals surface area contributed by atoms with Gasteiger partial charge < -0.3 is 25.0 Å². The van der Waals surface area contributed by atoms with Gasteiger partial charge in [0.1, 0.15) is 0 Å². The fourth-order valence-electron chi connectivity index (χ4n) is 4.06. The molecule has 2 aromatic carbocycles. The van der Waals surface area contributed by atoms with E-state index in [4.69, 9.17) is 9.47 Å². The third kappa shape index (κ3) is 4.95. The molecule has 11 heteroatoms. The molecule has 0 bridgehead atoms. The number of sulfonamides is 1. The Balaban J connectivity index is 1.29. The fraction of sp³-hybridized carbons (Fsp3) is 0.391. The van der Waals surface area contributed by atoms with Gasteiger partial charge in [0, 0.05) is 56.0 Å².